The SMILES string of the molecule is COc1ccc2ccccc2c1CNC(=O)NCCN1CCCS1(=O)=O. The minimum Gasteiger partial charge on any atom is -0.496 e. The molecule has 1 heterocycles. The van der Waals surface area contributed by atoms with Crippen molar-refractivity contribution in [3.8, 4) is 5.75 Å². The third-order valence-electron chi connectivity index (χ3n) is 4.49. The Labute approximate surface area is 153 Å². The zero-order valence-electron chi connectivity index (χ0n) is 14.7. The smallest absolute Gasteiger partial charge is 0.315 e. The third kappa shape index (κ3) is 4.08. The molecule has 0 unspecified atom stereocenters. The standard InChI is InChI=1S/C18H23N3O4S/c1-25-17-8-7-14-5-2-3-6-15(14)16(17)13-20-18(22)19-9-11-21-10-4-12-26(21,23)24/h2-3,5-8H,4,9-13H2,1H3,(H2,19,20,22). The molecule has 1 fully saturated rings. The van der Waals surface area contributed by atoms with Gasteiger partial charge in [-0.25, -0.2) is 17.5 Å². The van der Waals surface area contributed by atoms with E-state index < -0.39 is 10.0 Å². The van der Waals surface area contributed by atoms with Crippen LogP contribution < -0.4 is 15.4 Å². The molecule has 0 radical (unpaired) electrons. The van der Waals surface area contributed by atoms with Crippen molar-refractivity contribution < 1.29 is 17.9 Å². The van der Waals surface area contributed by atoms with Crippen LogP contribution in [-0.4, -0.2) is 51.3 Å². The van der Waals surface area contributed by atoms with E-state index in [4.69, 9.17) is 4.74 Å². The fraction of sp³-hybridized carbons (Fsp3) is 0.389. The lowest BCUT2D eigenvalue weighted by Gasteiger charge is -2.16. The van der Waals surface area contributed by atoms with E-state index in [-0.39, 0.29) is 18.3 Å². The number of carbonyl (C=O) groups is 1. The van der Waals surface area contributed by atoms with Crippen LogP contribution in [0.15, 0.2) is 36.4 Å². The Balaban J connectivity index is 1.57. The van der Waals surface area contributed by atoms with Gasteiger partial charge in [0.1, 0.15) is 5.75 Å². The molecule has 2 aromatic rings. The van der Waals surface area contributed by atoms with Crippen LogP contribution >= 0.6 is 0 Å². The van der Waals surface area contributed by atoms with Crippen molar-refractivity contribution in [2.45, 2.75) is 13.0 Å². The monoisotopic (exact) mass is 377 g/mol. The second-order valence-electron chi connectivity index (χ2n) is 6.15. The van der Waals surface area contributed by atoms with Gasteiger partial charge < -0.3 is 15.4 Å². The van der Waals surface area contributed by atoms with Crippen molar-refractivity contribution in [3.63, 3.8) is 0 Å². The second-order valence-corrected chi connectivity index (χ2v) is 8.23. The molecular formula is C18H23N3O4S. The molecule has 2 aromatic carbocycles. The predicted octanol–water partition coefficient (Wildman–Crippen LogP) is 1.68. The Bertz CT molecular complexity index is 898. The number of nitrogens with zero attached hydrogens (tertiary/aromatic N) is 1. The molecule has 1 aliphatic rings. The average Bonchev–Trinajstić information content (AvgIpc) is 2.97. The van der Waals surface area contributed by atoms with Gasteiger partial charge in [-0.2, -0.15) is 0 Å². The Morgan fingerprint density at radius 3 is 2.73 bits per heavy atom. The van der Waals surface area contributed by atoms with E-state index in [1.165, 1.54) is 4.31 Å². The van der Waals surface area contributed by atoms with E-state index in [1.807, 2.05) is 36.4 Å². The molecule has 2 N–H and O–H groups in total. The molecule has 0 aromatic heterocycles. The highest BCUT2D eigenvalue weighted by Gasteiger charge is 2.27. The topological polar surface area (TPSA) is 87.7 Å². The molecule has 7 nitrogen and oxygen atoms in total. The molecule has 8 heteroatoms. The number of rotatable bonds is 6. The number of fused-ring (bicyclic) bond motifs is 1. The largest absolute Gasteiger partial charge is 0.496 e. The molecule has 1 saturated heterocycles. The first-order chi connectivity index (χ1) is 12.5. The lowest BCUT2D eigenvalue weighted by molar-refractivity contribution is 0.239. The van der Waals surface area contributed by atoms with Crippen LogP contribution in [0.4, 0.5) is 4.79 Å². The van der Waals surface area contributed by atoms with Crippen LogP contribution in [-0.2, 0) is 16.6 Å². The number of methoxy groups -OCH3 is 1. The molecule has 140 valence electrons. The lowest BCUT2D eigenvalue weighted by Crippen LogP contribution is -2.40. The van der Waals surface area contributed by atoms with Crippen molar-refractivity contribution in [1.29, 1.82) is 0 Å². The molecule has 2 amide bonds. The van der Waals surface area contributed by atoms with E-state index in [0.29, 0.717) is 31.8 Å². The zero-order chi connectivity index (χ0) is 18.6. The normalized spacial score (nSPS) is 16.5. The number of sulfonamides is 1. The highest BCUT2D eigenvalue weighted by molar-refractivity contribution is 7.89. The number of urea groups is 1. The second kappa shape index (κ2) is 7.92. The van der Waals surface area contributed by atoms with Gasteiger partial charge in [0.05, 0.1) is 12.9 Å². The summed E-state index contributed by atoms with van der Waals surface area (Å²) in [5.74, 6) is 0.909. The van der Waals surface area contributed by atoms with Gasteiger partial charge >= 0.3 is 6.03 Å². The van der Waals surface area contributed by atoms with Gasteiger partial charge in [0.25, 0.3) is 0 Å². The molecule has 0 aliphatic carbocycles. The van der Waals surface area contributed by atoms with Crippen molar-refractivity contribution in [3.05, 3.63) is 42.0 Å². The van der Waals surface area contributed by atoms with Gasteiger partial charge in [0.2, 0.25) is 10.0 Å². The summed E-state index contributed by atoms with van der Waals surface area (Å²) >= 11 is 0. The van der Waals surface area contributed by atoms with Crippen LogP contribution in [0, 0.1) is 0 Å². The first-order valence-corrected chi connectivity index (χ1v) is 10.2. The highest BCUT2D eigenvalue weighted by atomic mass is 32.2. The summed E-state index contributed by atoms with van der Waals surface area (Å²) in [7, 11) is -1.53. The van der Waals surface area contributed by atoms with E-state index in [2.05, 4.69) is 10.6 Å². The van der Waals surface area contributed by atoms with Crippen LogP contribution in [0.1, 0.15) is 12.0 Å². The molecule has 0 atom stereocenters. The summed E-state index contributed by atoms with van der Waals surface area (Å²) in [6.45, 7) is 1.42. The van der Waals surface area contributed by atoms with Gasteiger partial charge in [-0.15, -0.1) is 0 Å². The Morgan fingerprint density at radius 2 is 2.00 bits per heavy atom. The van der Waals surface area contributed by atoms with Crippen molar-refractivity contribution >= 4 is 26.8 Å². The maximum atomic E-state index is 12.1. The van der Waals surface area contributed by atoms with Crippen molar-refractivity contribution in [2.24, 2.45) is 0 Å². The number of amides is 2. The van der Waals surface area contributed by atoms with Gasteiger partial charge in [-0.1, -0.05) is 30.3 Å². The lowest BCUT2D eigenvalue weighted by atomic mass is 10.0. The van der Waals surface area contributed by atoms with E-state index in [0.717, 1.165) is 16.3 Å². The summed E-state index contributed by atoms with van der Waals surface area (Å²) in [5.41, 5.74) is 0.905. The molecule has 0 saturated carbocycles. The minimum atomic E-state index is -3.13. The first-order valence-electron chi connectivity index (χ1n) is 8.55. The van der Waals surface area contributed by atoms with Crippen LogP contribution in [0.25, 0.3) is 10.8 Å². The maximum Gasteiger partial charge on any atom is 0.315 e. The van der Waals surface area contributed by atoms with Gasteiger partial charge in [-0.3, -0.25) is 0 Å². The number of benzene rings is 2. The fourth-order valence-corrected chi connectivity index (χ4v) is 4.69. The van der Waals surface area contributed by atoms with Gasteiger partial charge in [0, 0.05) is 31.7 Å². The summed E-state index contributed by atoms with van der Waals surface area (Å²) in [6.07, 6.45) is 0.648. The van der Waals surface area contributed by atoms with Crippen molar-refractivity contribution in [1.82, 2.24) is 14.9 Å². The highest BCUT2D eigenvalue weighted by Crippen LogP contribution is 2.27. The molecule has 3 rings (SSSR count). The van der Waals surface area contributed by atoms with Crippen LogP contribution in [0.5, 0.6) is 5.75 Å². The molecule has 1 aliphatic heterocycles. The fourth-order valence-electron chi connectivity index (χ4n) is 3.16. The zero-order valence-corrected chi connectivity index (χ0v) is 15.5. The summed E-state index contributed by atoms with van der Waals surface area (Å²) in [4.78, 5) is 12.1. The summed E-state index contributed by atoms with van der Waals surface area (Å²) in [6, 6.07) is 11.4. The minimum absolute atomic E-state index is 0.195. The molecule has 0 bridgehead atoms. The Hall–Kier alpha value is -2.32. The quantitative estimate of drug-likeness (QED) is 0.802. The van der Waals surface area contributed by atoms with Crippen LogP contribution in [0.3, 0.4) is 0 Å². The van der Waals surface area contributed by atoms with Gasteiger partial charge in [-0.05, 0) is 23.3 Å². The van der Waals surface area contributed by atoms with E-state index in [1.54, 1.807) is 7.11 Å². The van der Waals surface area contributed by atoms with Gasteiger partial charge in [0.15, 0.2) is 0 Å². The number of carbonyl (C=O) groups excluding carboxylic acids is 1. The van der Waals surface area contributed by atoms with Crippen molar-refractivity contribution in [2.75, 3.05) is 32.5 Å². The van der Waals surface area contributed by atoms with E-state index >= 15 is 0 Å². The maximum absolute atomic E-state index is 12.1. The predicted molar refractivity (Wildman–Crippen MR) is 101 cm³/mol. The van der Waals surface area contributed by atoms with Crippen LogP contribution in [0.2, 0.25) is 0 Å². The first kappa shape index (κ1) is 18.5. The number of nitrogens with one attached hydrogen (secondary N) is 2. The van der Waals surface area contributed by atoms with E-state index in [9.17, 15) is 13.2 Å². The molecule has 0 spiro atoms. The summed E-state index contributed by atoms with van der Waals surface area (Å²) in [5, 5.41) is 7.62. The number of hydrogen-bond acceptors (Lipinski definition) is 4. The third-order valence-corrected chi connectivity index (χ3v) is 6.45. The summed E-state index contributed by atoms with van der Waals surface area (Å²) < 4.78 is 30.3. The Morgan fingerprint density at radius 1 is 1.19 bits per heavy atom. The number of hydrogen-bond donors (Lipinski definition) is 2. The Kier molecular flexibility index (Phi) is 5.63. The molecule has 26 heavy (non-hydrogen) atoms. The number of ether oxygens (including phenoxy) is 1. The molecular weight excluding hydrogens is 354 g/mol. The average molecular weight is 377 g/mol.